The van der Waals surface area contributed by atoms with Crippen molar-refractivity contribution < 1.29 is 14.3 Å². The minimum Gasteiger partial charge on any atom is -0.455 e. The molecule has 1 aliphatic rings. The molecule has 1 fully saturated rings. The Morgan fingerprint density at radius 1 is 1.24 bits per heavy atom. The van der Waals surface area contributed by atoms with Crippen molar-refractivity contribution in [3.05, 3.63) is 29.6 Å². The van der Waals surface area contributed by atoms with Gasteiger partial charge in [0.2, 0.25) is 0 Å². The minimum atomic E-state index is -0.498. The lowest BCUT2D eigenvalue weighted by Gasteiger charge is -2.22. The Balaban J connectivity index is 1.85. The predicted octanol–water partition coefficient (Wildman–Crippen LogP) is 3.89. The number of ether oxygens (including phenoxy) is 2. The normalized spacial score (nSPS) is 16.7. The third kappa shape index (κ3) is 5.46. The average Bonchev–Trinajstić information content (AvgIpc) is 2.45. The summed E-state index contributed by atoms with van der Waals surface area (Å²) in [6, 6.07) is 3.59. The van der Waals surface area contributed by atoms with E-state index in [1.807, 2.05) is 26.8 Å². The van der Waals surface area contributed by atoms with Crippen molar-refractivity contribution in [2.45, 2.75) is 71.2 Å². The second-order valence-corrected chi connectivity index (χ2v) is 6.62. The van der Waals surface area contributed by atoms with Gasteiger partial charge in [-0.25, -0.2) is 9.78 Å². The second-order valence-electron chi connectivity index (χ2n) is 6.62. The number of esters is 1. The van der Waals surface area contributed by atoms with E-state index in [9.17, 15) is 4.79 Å². The van der Waals surface area contributed by atoms with Crippen molar-refractivity contribution >= 4 is 5.97 Å². The Labute approximate surface area is 126 Å². The summed E-state index contributed by atoms with van der Waals surface area (Å²) in [4.78, 5) is 16.0. The summed E-state index contributed by atoms with van der Waals surface area (Å²) in [6.45, 7) is 6.10. The molecule has 21 heavy (non-hydrogen) atoms. The van der Waals surface area contributed by atoms with Crippen LogP contribution in [0.25, 0.3) is 0 Å². The Hall–Kier alpha value is -1.42. The molecule has 0 saturated heterocycles. The van der Waals surface area contributed by atoms with E-state index in [4.69, 9.17) is 9.47 Å². The fourth-order valence-corrected chi connectivity index (χ4v) is 2.41. The van der Waals surface area contributed by atoms with Gasteiger partial charge in [0.25, 0.3) is 0 Å². The SMILES string of the molecule is CC(C)(C)OC(=O)c1ccc(COC2CCCCC2)cn1. The maximum Gasteiger partial charge on any atom is 0.357 e. The Kier molecular flexibility index (Phi) is 5.34. The molecule has 1 aliphatic carbocycles. The molecule has 1 aromatic heterocycles. The van der Waals surface area contributed by atoms with Gasteiger partial charge in [-0.3, -0.25) is 0 Å². The summed E-state index contributed by atoms with van der Waals surface area (Å²) in [6.07, 6.45) is 8.24. The molecule has 0 atom stereocenters. The molecule has 2 rings (SSSR count). The van der Waals surface area contributed by atoms with E-state index in [1.54, 1.807) is 12.3 Å². The van der Waals surface area contributed by atoms with Gasteiger partial charge in [-0.1, -0.05) is 25.3 Å². The molecule has 1 heterocycles. The third-order valence-corrected chi connectivity index (χ3v) is 3.47. The number of carbonyl (C=O) groups is 1. The Morgan fingerprint density at radius 2 is 1.95 bits per heavy atom. The van der Waals surface area contributed by atoms with Crippen LogP contribution in [-0.2, 0) is 16.1 Å². The van der Waals surface area contributed by atoms with Gasteiger partial charge in [0.05, 0.1) is 12.7 Å². The average molecular weight is 291 g/mol. The van der Waals surface area contributed by atoms with Crippen LogP contribution in [0.2, 0.25) is 0 Å². The molecule has 1 aromatic rings. The Morgan fingerprint density at radius 3 is 2.52 bits per heavy atom. The zero-order valence-electron chi connectivity index (χ0n) is 13.2. The largest absolute Gasteiger partial charge is 0.455 e. The summed E-state index contributed by atoms with van der Waals surface area (Å²) < 4.78 is 11.2. The van der Waals surface area contributed by atoms with Crippen LogP contribution in [0.15, 0.2) is 18.3 Å². The molecule has 0 spiro atoms. The highest BCUT2D eigenvalue weighted by molar-refractivity contribution is 5.87. The van der Waals surface area contributed by atoms with Crippen LogP contribution in [0.5, 0.6) is 0 Å². The molecule has 0 radical (unpaired) electrons. The van der Waals surface area contributed by atoms with Gasteiger partial charge >= 0.3 is 5.97 Å². The van der Waals surface area contributed by atoms with E-state index >= 15 is 0 Å². The van der Waals surface area contributed by atoms with Gasteiger partial charge in [-0.05, 0) is 45.2 Å². The first-order valence-corrected chi connectivity index (χ1v) is 7.74. The van der Waals surface area contributed by atoms with Crippen LogP contribution in [0, 0.1) is 0 Å². The third-order valence-electron chi connectivity index (χ3n) is 3.47. The summed E-state index contributed by atoms with van der Waals surface area (Å²) in [7, 11) is 0. The van der Waals surface area contributed by atoms with Crippen LogP contribution < -0.4 is 0 Å². The van der Waals surface area contributed by atoms with Crippen LogP contribution in [0.1, 0.15) is 68.9 Å². The van der Waals surface area contributed by atoms with Gasteiger partial charge in [-0.2, -0.15) is 0 Å². The lowest BCUT2D eigenvalue weighted by atomic mass is 9.98. The maximum atomic E-state index is 11.9. The summed E-state index contributed by atoms with van der Waals surface area (Å²) in [5, 5.41) is 0. The molecule has 0 amide bonds. The second kappa shape index (κ2) is 7.03. The van der Waals surface area contributed by atoms with E-state index in [1.165, 1.54) is 19.3 Å². The molecule has 0 N–H and O–H groups in total. The first-order chi connectivity index (χ1) is 9.94. The zero-order chi connectivity index (χ0) is 15.3. The van der Waals surface area contributed by atoms with Gasteiger partial charge in [0.15, 0.2) is 0 Å². The standard InChI is InChI=1S/C17H25NO3/c1-17(2,3)21-16(19)15-10-9-13(11-18-15)12-20-14-7-5-4-6-8-14/h9-11,14H,4-8,12H2,1-3H3. The number of hydrogen-bond donors (Lipinski definition) is 0. The van der Waals surface area contributed by atoms with Crippen molar-refractivity contribution in [1.82, 2.24) is 4.98 Å². The molecule has 0 aromatic carbocycles. The number of nitrogens with zero attached hydrogens (tertiary/aromatic N) is 1. The highest BCUT2D eigenvalue weighted by Gasteiger charge is 2.19. The number of carbonyl (C=O) groups excluding carboxylic acids is 1. The maximum absolute atomic E-state index is 11.9. The van der Waals surface area contributed by atoms with E-state index in [-0.39, 0.29) is 5.97 Å². The summed E-state index contributed by atoms with van der Waals surface area (Å²) in [5.74, 6) is -0.387. The molecule has 0 bridgehead atoms. The van der Waals surface area contributed by atoms with Crippen molar-refractivity contribution in [2.24, 2.45) is 0 Å². The van der Waals surface area contributed by atoms with Gasteiger partial charge in [-0.15, -0.1) is 0 Å². The van der Waals surface area contributed by atoms with Crippen molar-refractivity contribution in [3.8, 4) is 0 Å². The fourth-order valence-electron chi connectivity index (χ4n) is 2.41. The fraction of sp³-hybridized carbons (Fsp3) is 0.647. The number of hydrogen-bond acceptors (Lipinski definition) is 4. The zero-order valence-corrected chi connectivity index (χ0v) is 13.2. The number of pyridine rings is 1. The van der Waals surface area contributed by atoms with Gasteiger partial charge in [0.1, 0.15) is 11.3 Å². The van der Waals surface area contributed by atoms with Crippen LogP contribution in [0.4, 0.5) is 0 Å². The van der Waals surface area contributed by atoms with E-state index in [0.29, 0.717) is 18.4 Å². The van der Waals surface area contributed by atoms with E-state index in [0.717, 1.165) is 18.4 Å². The van der Waals surface area contributed by atoms with Crippen LogP contribution in [-0.4, -0.2) is 22.7 Å². The highest BCUT2D eigenvalue weighted by Crippen LogP contribution is 2.21. The molecule has 4 nitrogen and oxygen atoms in total. The van der Waals surface area contributed by atoms with E-state index in [2.05, 4.69) is 4.98 Å². The molecule has 116 valence electrons. The first-order valence-electron chi connectivity index (χ1n) is 7.74. The quantitative estimate of drug-likeness (QED) is 0.790. The number of rotatable bonds is 4. The molecular weight excluding hydrogens is 266 g/mol. The topological polar surface area (TPSA) is 48.4 Å². The smallest absolute Gasteiger partial charge is 0.357 e. The summed E-state index contributed by atoms with van der Waals surface area (Å²) >= 11 is 0. The molecule has 0 unspecified atom stereocenters. The first kappa shape index (κ1) is 16.0. The molecule has 4 heteroatoms. The molecule has 0 aliphatic heterocycles. The van der Waals surface area contributed by atoms with Crippen LogP contribution in [0.3, 0.4) is 0 Å². The summed E-state index contributed by atoms with van der Waals surface area (Å²) in [5.41, 5.74) is 0.834. The van der Waals surface area contributed by atoms with Crippen LogP contribution >= 0.6 is 0 Å². The van der Waals surface area contributed by atoms with Crippen molar-refractivity contribution in [3.63, 3.8) is 0 Å². The Bertz CT molecular complexity index is 456. The molecule has 1 saturated carbocycles. The van der Waals surface area contributed by atoms with E-state index < -0.39 is 5.60 Å². The minimum absolute atomic E-state index is 0.339. The van der Waals surface area contributed by atoms with Crippen molar-refractivity contribution in [2.75, 3.05) is 0 Å². The van der Waals surface area contributed by atoms with Gasteiger partial charge in [0, 0.05) is 6.20 Å². The monoisotopic (exact) mass is 291 g/mol. The van der Waals surface area contributed by atoms with Crippen molar-refractivity contribution in [1.29, 1.82) is 0 Å². The van der Waals surface area contributed by atoms with Gasteiger partial charge < -0.3 is 9.47 Å². The predicted molar refractivity (Wildman–Crippen MR) is 81.1 cm³/mol. The highest BCUT2D eigenvalue weighted by atomic mass is 16.6. The lowest BCUT2D eigenvalue weighted by molar-refractivity contribution is 0.00609. The molecular formula is C17H25NO3. The number of aromatic nitrogens is 1. The lowest BCUT2D eigenvalue weighted by Crippen LogP contribution is -2.24.